The van der Waals surface area contributed by atoms with Gasteiger partial charge in [0.2, 0.25) is 0 Å². The van der Waals surface area contributed by atoms with Crippen molar-refractivity contribution in [2.24, 2.45) is 0 Å². The van der Waals surface area contributed by atoms with Crippen LogP contribution in [0.25, 0.3) is 0 Å². The van der Waals surface area contributed by atoms with E-state index in [2.05, 4.69) is 20.4 Å². The minimum Gasteiger partial charge on any atom is -0.489 e. The molecule has 0 spiro atoms. The average Bonchev–Trinajstić information content (AvgIpc) is 2.22. The maximum absolute atomic E-state index is 11.0. The average molecular weight is 264 g/mol. The van der Waals surface area contributed by atoms with Crippen LogP contribution in [-0.2, 0) is 9.53 Å². The molecule has 1 atom stereocenters. The molecule has 0 saturated carbocycles. The van der Waals surface area contributed by atoms with Crippen molar-refractivity contribution < 1.29 is 60.9 Å². The Bertz CT molecular complexity index is 212. The Balaban J connectivity index is 0. The van der Waals surface area contributed by atoms with E-state index in [9.17, 15) is 4.79 Å². The molecule has 0 aliphatic rings. The molecule has 0 fully saturated rings. The van der Waals surface area contributed by atoms with E-state index in [1.165, 1.54) is 38.2 Å². The first-order valence-corrected chi connectivity index (χ1v) is 6.22. The molecular weight excluding hydrogens is 239 g/mol. The maximum atomic E-state index is 11.0. The Morgan fingerprint density at radius 3 is 2.35 bits per heavy atom. The van der Waals surface area contributed by atoms with E-state index in [1.54, 1.807) is 0 Å². The normalized spacial score (nSPS) is 13.4. The number of ether oxygens (including phenoxy) is 1. The SMILES string of the molecule is C=CC(=O)OC([CH2-])(C)CCCCCCCC.[K+]. The van der Waals surface area contributed by atoms with E-state index < -0.39 is 5.60 Å². The molecule has 0 aromatic heterocycles. The molecule has 0 aromatic carbocycles. The van der Waals surface area contributed by atoms with E-state index in [4.69, 9.17) is 4.74 Å². The molecule has 0 radical (unpaired) electrons. The summed E-state index contributed by atoms with van der Waals surface area (Å²) < 4.78 is 5.15. The van der Waals surface area contributed by atoms with Crippen LogP contribution in [0.2, 0.25) is 0 Å². The van der Waals surface area contributed by atoms with Gasteiger partial charge in [0.05, 0.1) is 0 Å². The second-order valence-electron chi connectivity index (χ2n) is 4.59. The Hall–Kier alpha value is 0.846. The van der Waals surface area contributed by atoms with Crippen LogP contribution in [0.4, 0.5) is 0 Å². The molecule has 0 aromatic rings. The van der Waals surface area contributed by atoms with Gasteiger partial charge in [-0.15, -0.1) is 0 Å². The van der Waals surface area contributed by atoms with E-state index >= 15 is 0 Å². The molecule has 0 aliphatic carbocycles. The van der Waals surface area contributed by atoms with Gasteiger partial charge < -0.3 is 11.7 Å². The van der Waals surface area contributed by atoms with Crippen molar-refractivity contribution in [3.8, 4) is 0 Å². The van der Waals surface area contributed by atoms with Crippen LogP contribution >= 0.6 is 0 Å². The van der Waals surface area contributed by atoms with Crippen LogP contribution in [0.1, 0.15) is 58.8 Å². The number of unbranched alkanes of at least 4 members (excludes halogenated alkanes) is 5. The number of carbonyl (C=O) groups is 1. The summed E-state index contributed by atoms with van der Waals surface area (Å²) in [7, 11) is 0. The van der Waals surface area contributed by atoms with Crippen molar-refractivity contribution in [2.45, 2.75) is 64.4 Å². The molecule has 0 aliphatic heterocycles. The predicted molar refractivity (Wildman–Crippen MR) is 68.0 cm³/mol. The Labute approximate surface area is 149 Å². The quantitative estimate of drug-likeness (QED) is 0.205. The van der Waals surface area contributed by atoms with Gasteiger partial charge >= 0.3 is 57.4 Å². The minimum atomic E-state index is -0.601. The summed E-state index contributed by atoms with van der Waals surface area (Å²) in [5.41, 5.74) is -0.601. The van der Waals surface area contributed by atoms with Gasteiger partial charge in [0.15, 0.2) is 0 Å². The summed E-state index contributed by atoms with van der Waals surface area (Å²) in [5.74, 6) is -0.386. The zero-order valence-corrected chi connectivity index (χ0v) is 14.9. The van der Waals surface area contributed by atoms with Crippen molar-refractivity contribution in [3.63, 3.8) is 0 Å². The topological polar surface area (TPSA) is 26.3 Å². The molecule has 0 saturated heterocycles. The largest absolute Gasteiger partial charge is 1.00 e. The van der Waals surface area contributed by atoms with Gasteiger partial charge in [-0.25, -0.2) is 4.79 Å². The van der Waals surface area contributed by atoms with E-state index in [0.717, 1.165) is 12.8 Å². The molecule has 0 bridgehead atoms. The van der Waals surface area contributed by atoms with Crippen LogP contribution in [0.15, 0.2) is 12.7 Å². The van der Waals surface area contributed by atoms with Crippen molar-refractivity contribution in [1.29, 1.82) is 0 Å². The molecule has 0 heterocycles. The number of esters is 1. The van der Waals surface area contributed by atoms with Crippen molar-refractivity contribution in [2.75, 3.05) is 0 Å². The van der Waals surface area contributed by atoms with Crippen LogP contribution < -0.4 is 51.4 Å². The summed E-state index contributed by atoms with van der Waals surface area (Å²) in [6, 6.07) is 0. The summed E-state index contributed by atoms with van der Waals surface area (Å²) in [6.45, 7) is 11.3. The monoisotopic (exact) mass is 264 g/mol. The summed E-state index contributed by atoms with van der Waals surface area (Å²) in [5, 5.41) is 0. The third kappa shape index (κ3) is 13.1. The zero-order valence-electron chi connectivity index (χ0n) is 11.8. The Morgan fingerprint density at radius 2 is 1.82 bits per heavy atom. The minimum absolute atomic E-state index is 0. The molecule has 0 N–H and O–H groups in total. The van der Waals surface area contributed by atoms with Crippen molar-refractivity contribution in [3.05, 3.63) is 19.6 Å². The van der Waals surface area contributed by atoms with Gasteiger partial charge in [-0.3, -0.25) is 0 Å². The Kier molecular flexibility index (Phi) is 14.1. The van der Waals surface area contributed by atoms with Gasteiger partial charge in [-0.05, 0) is 12.0 Å². The van der Waals surface area contributed by atoms with Crippen molar-refractivity contribution in [1.82, 2.24) is 0 Å². The molecule has 17 heavy (non-hydrogen) atoms. The van der Waals surface area contributed by atoms with Crippen LogP contribution in [0.3, 0.4) is 0 Å². The molecule has 3 heteroatoms. The van der Waals surface area contributed by atoms with Crippen molar-refractivity contribution >= 4 is 5.97 Å². The Morgan fingerprint density at radius 1 is 1.29 bits per heavy atom. The van der Waals surface area contributed by atoms with Gasteiger partial charge in [-0.1, -0.05) is 59.0 Å². The molecule has 94 valence electrons. The van der Waals surface area contributed by atoms with Crippen LogP contribution in [0, 0.1) is 6.92 Å². The van der Waals surface area contributed by atoms with Crippen LogP contribution in [0.5, 0.6) is 0 Å². The van der Waals surface area contributed by atoms with E-state index in [0.29, 0.717) is 0 Å². The molecular formula is C14H25KO2. The second-order valence-corrected chi connectivity index (χ2v) is 4.59. The van der Waals surface area contributed by atoms with E-state index in [1.807, 2.05) is 6.92 Å². The summed E-state index contributed by atoms with van der Waals surface area (Å²) >= 11 is 0. The number of hydrogen-bond donors (Lipinski definition) is 0. The molecule has 1 unspecified atom stereocenters. The first-order chi connectivity index (χ1) is 7.52. The fraction of sp³-hybridized carbons (Fsp3) is 0.714. The third-order valence-electron chi connectivity index (χ3n) is 2.57. The third-order valence-corrected chi connectivity index (χ3v) is 2.57. The maximum Gasteiger partial charge on any atom is 1.00 e. The fourth-order valence-corrected chi connectivity index (χ4v) is 1.61. The predicted octanol–water partition coefficient (Wildman–Crippen LogP) is 1.06. The smallest absolute Gasteiger partial charge is 0.489 e. The van der Waals surface area contributed by atoms with Gasteiger partial charge in [0, 0.05) is 6.08 Å². The second kappa shape index (κ2) is 11.9. The first-order valence-electron chi connectivity index (χ1n) is 6.22. The number of rotatable bonds is 9. The zero-order chi connectivity index (χ0) is 12.4. The molecule has 0 amide bonds. The number of hydrogen-bond acceptors (Lipinski definition) is 2. The van der Waals surface area contributed by atoms with Gasteiger partial charge in [0.25, 0.3) is 0 Å². The first kappa shape index (κ1) is 20.2. The summed E-state index contributed by atoms with van der Waals surface area (Å²) in [4.78, 5) is 11.0. The number of carbonyl (C=O) groups excluding carboxylic acids is 1. The van der Waals surface area contributed by atoms with Gasteiger partial charge in [0.1, 0.15) is 0 Å². The fourth-order valence-electron chi connectivity index (χ4n) is 1.61. The van der Waals surface area contributed by atoms with Crippen LogP contribution in [-0.4, -0.2) is 11.6 Å². The molecule has 0 rings (SSSR count). The van der Waals surface area contributed by atoms with E-state index in [-0.39, 0.29) is 57.4 Å². The molecule has 2 nitrogen and oxygen atoms in total. The summed E-state index contributed by atoms with van der Waals surface area (Å²) in [6.07, 6.45) is 9.40. The van der Waals surface area contributed by atoms with Gasteiger partial charge in [-0.2, -0.15) is 0 Å². The standard InChI is InChI=1S/C14H25O2.K/c1-5-7-8-9-10-11-12-14(3,4)16-13(15)6-2;/h6H,2-3,5,7-12H2,1,4H3;/q-1;+1.